The lowest BCUT2D eigenvalue weighted by Crippen LogP contribution is -2.66. The summed E-state index contributed by atoms with van der Waals surface area (Å²) >= 11 is 0. The zero-order valence-electron chi connectivity index (χ0n) is 30.4. The van der Waals surface area contributed by atoms with Gasteiger partial charge in [0.15, 0.2) is 12.3 Å². The second kappa shape index (κ2) is 15.5. The van der Waals surface area contributed by atoms with Gasteiger partial charge in [-0.25, -0.2) is 9.18 Å². The summed E-state index contributed by atoms with van der Waals surface area (Å²) in [5.74, 6) is -1.25. The minimum Gasteiger partial charge on any atom is -0.453 e. The van der Waals surface area contributed by atoms with Crippen molar-refractivity contribution in [3.63, 3.8) is 0 Å². The van der Waals surface area contributed by atoms with Crippen LogP contribution in [0.15, 0.2) is 121 Å². The molecule has 1 saturated heterocycles. The van der Waals surface area contributed by atoms with Crippen LogP contribution in [-0.2, 0) is 64.4 Å². The molecule has 2 bridgehead atoms. The SMILES string of the molecule is CC12CCC(C(=O)OC3C(F)C(OCc4ccccc4)C(OCc4ccccc4)C(OCc4ccccc4)C3OCc3ccccc3)(OC1=O)C2(C)C. The summed E-state index contributed by atoms with van der Waals surface area (Å²) < 4.78 is 56.1. The summed E-state index contributed by atoms with van der Waals surface area (Å²) in [6.45, 7) is 5.96. The second-order valence-corrected chi connectivity index (χ2v) is 15.0. The van der Waals surface area contributed by atoms with Crippen LogP contribution in [0.25, 0.3) is 0 Å². The van der Waals surface area contributed by atoms with Crippen LogP contribution in [0.4, 0.5) is 4.39 Å². The van der Waals surface area contributed by atoms with Crippen molar-refractivity contribution in [2.24, 2.45) is 10.8 Å². The highest BCUT2D eigenvalue weighted by Gasteiger charge is 2.77. The van der Waals surface area contributed by atoms with E-state index in [0.717, 1.165) is 22.3 Å². The smallest absolute Gasteiger partial charge is 0.351 e. The monoisotopic (exact) mass is 722 g/mol. The molecular weight excluding hydrogens is 675 g/mol. The van der Waals surface area contributed by atoms with Crippen LogP contribution in [0, 0.1) is 10.8 Å². The first kappa shape index (κ1) is 36.9. The van der Waals surface area contributed by atoms with Gasteiger partial charge in [-0.2, -0.15) is 0 Å². The second-order valence-electron chi connectivity index (χ2n) is 15.0. The fourth-order valence-corrected chi connectivity index (χ4v) is 7.99. The van der Waals surface area contributed by atoms with Crippen molar-refractivity contribution in [2.45, 2.75) is 102 Å². The number of ether oxygens (including phenoxy) is 6. The Kier molecular flexibility index (Phi) is 10.8. The van der Waals surface area contributed by atoms with Gasteiger partial charge in [-0.15, -0.1) is 0 Å². The fourth-order valence-electron chi connectivity index (χ4n) is 7.99. The van der Waals surface area contributed by atoms with E-state index in [1.165, 1.54) is 0 Å². The maximum absolute atomic E-state index is 17.6. The maximum Gasteiger partial charge on any atom is 0.351 e. The van der Waals surface area contributed by atoms with E-state index in [1.54, 1.807) is 0 Å². The number of fused-ring (bicyclic) bond motifs is 2. The molecule has 0 N–H and O–H groups in total. The molecule has 8 unspecified atom stereocenters. The lowest BCUT2D eigenvalue weighted by molar-refractivity contribution is -0.270. The average molecular weight is 723 g/mol. The lowest BCUT2D eigenvalue weighted by Gasteiger charge is -2.48. The van der Waals surface area contributed by atoms with Crippen molar-refractivity contribution in [1.82, 2.24) is 0 Å². The van der Waals surface area contributed by atoms with Crippen LogP contribution in [0.1, 0.15) is 55.9 Å². The zero-order valence-corrected chi connectivity index (χ0v) is 30.4. The molecule has 8 atom stereocenters. The molecule has 4 aromatic rings. The Morgan fingerprint density at radius 2 is 0.943 bits per heavy atom. The summed E-state index contributed by atoms with van der Waals surface area (Å²) in [7, 11) is 0. The van der Waals surface area contributed by atoms with Crippen LogP contribution in [-0.4, -0.2) is 54.2 Å². The molecule has 4 aromatic carbocycles. The predicted molar refractivity (Wildman–Crippen MR) is 195 cm³/mol. The van der Waals surface area contributed by atoms with Crippen molar-refractivity contribution in [3.8, 4) is 0 Å². The quantitative estimate of drug-likeness (QED) is 0.122. The third-order valence-electron chi connectivity index (χ3n) is 11.7. The molecule has 2 aliphatic carbocycles. The van der Waals surface area contributed by atoms with Crippen LogP contribution in [0.2, 0.25) is 0 Å². The molecule has 53 heavy (non-hydrogen) atoms. The topological polar surface area (TPSA) is 89.5 Å². The molecule has 3 aliphatic rings. The molecule has 7 rings (SSSR count). The minimum absolute atomic E-state index is 0.0751. The third kappa shape index (κ3) is 7.15. The van der Waals surface area contributed by atoms with E-state index >= 15 is 4.39 Å². The fraction of sp³-hybridized carbons (Fsp3) is 0.409. The standard InChI is InChI=1S/C44H47FO8/c1-42(2)43(3)24-25-44(42,53-40(43)46)41(47)52-36-34(45)35(48-26-30-16-8-4-9-17-30)37(49-27-31-18-10-5-11-19-31)39(51-29-33-22-14-7-15-23-33)38(36)50-28-32-20-12-6-13-21-32/h4-23,34-39H,24-29H2,1-3H3. The van der Waals surface area contributed by atoms with Crippen LogP contribution in [0.3, 0.4) is 0 Å². The molecule has 3 fully saturated rings. The molecule has 9 heteroatoms. The number of rotatable bonds is 14. The normalized spacial score (nSPS) is 30.2. The summed E-state index contributed by atoms with van der Waals surface area (Å²) in [5.41, 5.74) is 0.0916. The highest BCUT2D eigenvalue weighted by molar-refractivity contribution is 5.93. The maximum atomic E-state index is 17.6. The number of benzene rings is 4. The molecule has 0 spiro atoms. The van der Waals surface area contributed by atoms with Gasteiger partial charge in [-0.1, -0.05) is 135 Å². The van der Waals surface area contributed by atoms with Gasteiger partial charge in [0, 0.05) is 5.41 Å². The van der Waals surface area contributed by atoms with Crippen LogP contribution in [0.5, 0.6) is 0 Å². The van der Waals surface area contributed by atoms with Gasteiger partial charge in [-0.3, -0.25) is 4.79 Å². The van der Waals surface area contributed by atoms with Gasteiger partial charge < -0.3 is 28.4 Å². The first-order chi connectivity index (χ1) is 25.6. The van der Waals surface area contributed by atoms with Crippen molar-refractivity contribution in [1.29, 1.82) is 0 Å². The van der Waals surface area contributed by atoms with Crippen molar-refractivity contribution in [2.75, 3.05) is 0 Å². The Bertz CT molecular complexity index is 1820. The molecule has 1 heterocycles. The largest absolute Gasteiger partial charge is 0.453 e. The molecular formula is C44H47FO8. The molecule has 1 aliphatic heterocycles. The van der Waals surface area contributed by atoms with E-state index in [1.807, 2.05) is 142 Å². The van der Waals surface area contributed by atoms with E-state index in [-0.39, 0.29) is 32.8 Å². The number of hydrogen-bond acceptors (Lipinski definition) is 8. The molecule has 8 nitrogen and oxygen atoms in total. The van der Waals surface area contributed by atoms with Gasteiger partial charge in [0.2, 0.25) is 5.60 Å². The van der Waals surface area contributed by atoms with Crippen molar-refractivity contribution in [3.05, 3.63) is 144 Å². The number of alkyl halides is 1. The summed E-state index contributed by atoms with van der Waals surface area (Å²) in [5, 5.41) is 0. The molecule has 278 valence electrons. The van der Waals surface area contributed by atoms with Gasteiger partial charge in [-0.05, 0) is 42.0 Å². The summed E-state index contributed by atoms with van der Waals surface area (Å²) in [6.07, 6.45) is -7.01. The zero-order chi connectivity index (χ0) is 37.1. The van der Waals surface area contributed by atoms with Gasteiger partial charge in [0.05, 0.1) is 31.8 Å². The number of halogens is 1. The highest BCUT2D eigenvalue weighted by atomic mass is 19.1. The van der Waals surface area contributed by atoms with Gasteiger partial charge in [0.25, 0.3) is 0 Å². The first-order valence-electron chi connectivity index (χ1n) is 18.3. The van der Waals surface area contributed by atoms with E-state index in [0.29, 0.717) is 6.42 Å². The third-order valence-corrected chi connectivity index (χ3v) is 11.7. The predicted octanol–water partition coefficient (Wildman–Crippen LogP) is 7.71. The average Bonchev–Trinajstić information content (AvgIpc) is 3.48. The lowest BCUT2D eigenvalue weighted by atomic mass is 9.66. The van der Waals surface area contributed by atoms with Crippen LogP contribution < -0.4 is 0 Å². The van der Waals surface area contributed by atoms with Gasteiger partial charge in [0.1, 0.15) is 24.4 Å². The highest BCUT2D eigenvalue weighted by Crippen LogP contribution is 2.66. The molecule has 2 saturated carbocycles. The first-order valence-corrected chi connectivity index (χ1v) is 18.3. The Balaban J connectivity index is 1.27. The number of esters is 2. The Morgan fingerprint density at radius 3 is 1.30 bits per heavy atom. The minimum atomic E-state index is -1.91. The van der Waals surface area contributed by atoms with E-state index < -0.39 is 65.1 Å². The Labute approximate surface area is 310 Å². The Hall–Kier alpha value is -4.41. The molecule has 0 aromatic heterocycles. The molecule has 0 amide bonds. The summed E-state index contributed by atoms with van der Waals surface area (Å²) in [4.78, 5) is 27.6. The Morgan fingerprint density at radius 1 is 0.585 bits per heavy atom. The summed E-state index contributed by atoms with van der Waals surface area (Å²) in [6, 6.07) is 38.2. The number of carbonyl (C=O) groups excluding carboxylic acids is 2. The van der Waals surface area contributed by atoms with E-state index in [2.05, 4.69) is 0 Å². The van der Waals surface area contributed by atoms with Crippen LogP contribution >= 0.6 is 0 Å². The molecule has 0 radical (unpaired) electrons. The number of carbonyl (C=O) groups is 2. The van der Waals surface area contributed by atoms with Crippen molar-refractivity contribution >= 4 is 11.9 Å². The van der Waals surface area contributed by atoms with E-state index in [9.17, 15) is 9.59 Å². The number of hydrogen-bond donors (Lipinski definition) is 0. The van der Waals surface area contributed by atoms with E-state index in [4.69, 9.17) is 28.4 Å². The van der Waals surface area contributed by atoms with Crippen molar-refractivity contribution < 1.29 is 42.4 Å². The van der Waals surface area contributed by atoms with Gasteiger partial charge >= 0.3 is 11.9 Å².